The molecule has 0 aromatic heterocycles. The fourth-order valence-corrected chi connectivity index (χ4v) is 3.54. The summed E-state index contributed by atoms with van der Waals surface area (Å²) >= 11 is 3.22. The van der Waals surface area contributed by atoms with Crippen LogP contribution in [0.3, 0.4) is 0 Å². The van der Waals surface area contributed by atoms with Crippen LogP contribution in [0.5, 0.6) is 11.5 Å². The van der Waals surface area contributed by atoms with Crippen LogP contribution in [0.4, 0.5) is 4.39 Å². The molecular formula is C22H25BBrFO4. The quantitative estimate of drug-likeness (QED) is 0.351. The maximum absolute atomic E-state index is 13.7. The molecule has 29 heavy (non-hydrogen) atoms. The Morgan fingerprint density at radius 3 is 2.14 bits per heavy atom. The molecule has 0 bridgehead atoms. The molecule has 0 unspecified atom stereocenters. The van der Waals surface area contributed by atoms with Crippen molar-refractivity contribution in [3.8, 4) is 11.5 Å². The number of carbonyl (C=O) groups excluding carboxylic acids is 1. The van der Waals surface area contributed by atoms with Gasteiger partial charge in [-0.3, -0.25) is 4.79 Å². The molecule has 1 aliphatic heterocycles. The summed E-state index contributed by atoms with van der Waals surface area (Å²) in [7, 11) is -0.695. The second-order valence-electron chi connectivity index (χ2n) is 8.37. The molecule has 154 valence electrons. The van der Waals surface area contributed by atoms with E-state index in [1.165, 1.54) is 12.1 Å². The molecule has 0 aliphatic carbocycles. The van der Waals surface area contributed by atoms with Crippen molar-refractivity contribution in [2.24, 2.45) is 0 Å². The predicted molar refractivity (Wildman–Crippen MR) is 116 cm³/mol. The number of rotatable bonds is 5. The van der Waals surface area contributed by atoms with Crippen LogP contribution in [0.2, 0.25) is 0 Å². The second kappa shape index (κ2) is 7.86. The van der Waals surface area contributed by atoms with Gasteiger partial charge in [0, 0.05) is 11.0 Å². The van der Waals surface area contributed by atoms with Gasteiger partial charge in [0.25, 0.3) is 0 Å². The Bertz CT molecular complexity index is 919. The van der Waals surface area contributed by atoms with Crippen LogP contribution in [0.1, 0.15) is 49.2 Å². The van der Waals surface area contributed by atoms with Gasteiger partial charge in [-0.1, -0.05) is 15.9 Å². The number of alkyl halides is 1. The van der Waals surface area contributed by atoms with Crippen molar-refractivity contribution in [3.63, 3.8) is 0 Å². The molecular weight excluding hydrogens is 438 g/mol. The average Bonchev–Trinajstić information content (AvgIpc) is 2.84. The van der Waals surface area contributed by atoms with E-state index in [4.69, 9.17) is 14.0 Å². The summed E-state index contributed by atoms with van der Waals surface area (Å²) in [6.07, 6.45) is 0. The molecule has 3 rings (SSSR count). The van der Waals surface area contributed by atoms with E-state index < -0.39 is 18.3 Å². The minimum absolute atomic E-state index is 0.0524. The third kappa shape index (κ3) is 4.27. The van der Waals surface area contributed by atoms with E-state index in [1.807, 2.05) is 27.7 Å². The lowest BCUT2D eigenvalue weighted by Crippen LogP contribution is -2.41. The third-order valence-electron chi connectivity index (χ3n) is 5.60. The van der Waals surface area contributed by atoms with Crippen LogP contribution in [0.25, 0.3) is 0 Å². The van der Waals surface area contributed by atoms with Crippen LogP contribution in [0, 0.1) is 19.7 Å². The first-order valence-corrected chi connectivity index (χ1v) is 10.6. The van der Waals surface area contributed by atoms with Crippen molar-refractivity contribution >= 4 is 34.3 Å². The van der Waals surface area contributed by atoms with Crippen molar-refractivity contribution in [2.45, 2.75) is 52.7 Å². The number of aryl methyl sites for hydroxylation is 2. The molecule has 1 aliphatic rings. The first-order valence-electron chi connectivity index (χ1n) is 9.48. The van der Waals surface area contributed by atoms with Gasteiger partial charge in [0.15, 0.2) is 5.78 Å². The molecule has 0 saturated carbocycles. The van der Waals surface area contributed by atoms with Gasteiger partial charge in [0.1, 0.15) is 17.3 Å². The van der Waals surface area contributed by atoms with Gasteiger partial charge in [0.05, 0.1) is 16.5 Å². The smallest absolute Gasteiger partial charge is 0.457 e. The van der Waals surface area contributed by atoms with Crippen LogP contribution in [0.15, 0.2) is 30.3 Å². The van der Waals surface area contributed by atoms with E-state index in [9.17, 15) is 9.18 Å². The van der Waals surface area contributed by atoms with Crippen LogP contribution in [-0.2, 0) is 9.31 Å². The monoisotopic (exact) mass is 462 g/mol. The van der Waals surface area contributed by atoms with Crippen molar-refractivity contribution < 1.29 is 23.2 Å². The molecule has 0 atom stereocenters. The average molecular weight is 463 g/mol. The number of ketones is 1. The maximum atomic E-state index is 13.7. The molecule has 0 radical (unpaired) electrons. The van der Waals surface area contributed by atoms with Crippen LogP contribution < -0.4 is 10.2 Å². The SMILES string of the molecule is Cc1cc(F)cc(C)c1Oc1ccc(C(=O)CBr)cc1B1OC(C)(C)C(C)(C)O1. The first-order chi connectivity index (χ1) is 13.4. The molecule has 7 heteroatoms. The molecule has 0 spiro atoms. The summed E-state index contributed by atoms with van der Waals surface area (Å²) in [5, 5.41) is 0.214. The molecule has 4 nitrogen and oxygen atoms in total. The van der Waals surface area contributed by atoms with Gasteiger partial charge in [-0.15, -0.1) is 0 Å². The lowest BCUT2D eigenvalue weighted by molar-refractivity contribution is 0.00578. The van der Waals surface area contributed by atoms with Crippen molar-refractivity contribution in [1.82, 2.24) is 0 Å². The highest BCUT2D eigenvalue weighted by Crippen LogP contribution is 2.38. The zero-order valence-corrected chi connectivity index (χ0v) is 19.1. The van der Waals surface area contributed by atoms with E-state index in [0.29, 0.717) is 33.7 Å². The summed E-state index contributed by atoms with van der Waals surface area (Å²) in [6, 6.07) is 8.05. The van der Waals surface area contributed by atoms with Gasteiger partial charge >= 0.3 is 7.12 Å². The Balaban J connectivity index is 2.07. The normalized spacial score (nSPS) is 17.4. The van der Waals surface area contributed by atoms with E-state index in [0.717, 1.165) is 0 Å². The van der Waals surface area contributed by atoms with Crippen LogP contribution in [-0.4, -0.2) is 29.4 Å². The first kappa shape index (κ1) is 22.0. The number of carbonyl (C=O) groups is 1. The zero-order chi connectivity index (χ0) is 21.6. The van der Waals surface area contributed by atoms with Crippen LogP contribution >= 0.6 is 15.9 Å². The largest absolute Gasteiger partial charge is 0.498 e. The number of hydrogen-bond donors (Lipinski definition) is 0. The van der Waals surface area contributed by atoms with E-state index >= 15 is 0 Å². The Labute approximate surface area is 180 Å². The molecule has 2 aromatic carbocycles. The molecule has 0 amide bonds. The highest BCUT2D eigenvalue weighted by atomic mass is 79.9. The standard InChI is InChI=1S/C22H25BBrFO4/c1-13-9-16(25)10-14(2)20(13)27-19-8-7-15(18(26)12-24)11-17(19)23-28-21(3,4)22(5,6)29-23/h7-11H,12H2,1-6H3. The van der Waals surface area contributed by atoms with Crippen molar-refractivity contribution in [1.29, 1.82) is 0 Å². The fraction of sp³-hybridized carbons (Fsp3) is 0.409. The van der Waals surface area contributed by atoms with Crippen molar-refractivity contribution in [2.75, 3.05) is 5.33 Å². The Hall–Kier alpha value is -1.70. The summed E-state index contributed by atoms with van der Waals surface area (Å²) in [5.41, 5.74) is 1.45. The molecule has 1 fully saturated rings. The fourth-order valence-electron chi connectivity index (χ4n) is 3.21. The number of hydrogen-bond acceptors (Lipinski definition) is 4. The molecule has 2 aromatic rings. The highest BCUT2D eigenvalue weighted by molar-refractivity contribution is 9.09. The van der Waals surface area contributed by atoms with Gasteiger partial charge in [-0.25, -0.2) is 4.39 Å². The Kier molecular flexibility index (Phi) is 5.96. The molecule has 1 heterocycles. The van der Waals surface area contributed by atoms with Gasteiger partial charge < -0.3 is 14.0 Å². The molecule has 1 saturated heterocycles. The minimum Gasteiger partial charge on any atom is -0.457 e. The zero-order valence-electron chi connectivity index (χ0n) is 17.6. The number of halogens is 2. The predicted octanol–water partition coefficient (Wildman–Crippen LogP) is 5.11. The van der Waals surface area contributed by atoms with Gasteiger partial charge in [-0.2, -0.15) is 0 Å². The summed E-state index contributed by atoms with van der Waals surface area (Å²) < 4.78 is 32.3. The lowest BCUT2D eigenvalue weighted by atomic mass is 9.77. The number of Topliss-reactive ketones (excluding diaryl/α,β-unsaturated/α-hetero) is 1. The summed E-state index contributed by atoms with van der Waals surface area (Å²) in [6.45, 7) is 11.5. The van der Waals surface area contributed by atoms with Gasteiger partial charge in [0.2, 0.25) is 0 Å². The molecule has 0 N–H and O–H groups in total. The van der Waals surface area contributed by atoms with E-state index in [2.05, 4.69) is 15.9 Å². The Morgan fingerprint density at radius 1 is 1.07 bits per heavy atom. The third-order valence-corrected chi connectivity index (χ3v) is 6.11. The topological polar surface area (TPSA) is 44.8 Å². The summed E-state index contributed by atoms with van der Waals surface area (Å²) in [4.78, 5) is 12.2. The highest BCUT2D eigenvalue weighted by Gasteiger charge is 2.52. The van der Waals surface area contributed by atoms with E-state index in [1.54, 1.807) is 32.0 Å². The summed E-state index contributed by atoms with van der Waals surface area (Å²) in [5.74, 6) is 0.719. The lowest BCUT2D eigenvalue weighted by Gasteiger charge is -2.32. The van der Waals surface area contributed by atoms with Crippen molar-refractivity contribution in [3.05, 3.63) is 52.8 Å². The second-order valence-corrected chi connectivity index (χ2v) is 8.93. The number of ether oxygens (including phenoxy) is 1. The van der Waals surface area contributed by atoms with Gasteiger partial charge in [-0.05, 0) is 83.0 Å². The van der Waals surface area contributed by atoms with E-state index in [-0.39, 0.29) is 16.9 Å². The maximum Gasteiger partial charge on any atom is 0.498 e. The minimum atomic E-state index is -0.695. The number of benzene rings is 2. The Morgan fingerprint density at radius 2 is 1.62 bits per heavy atom.